The van der Waals surface area contributed by atoms with Gasteiger partial charge >= 0.3 is 0 Å². The molecule has 0 spiro atoms. The minimum absolute atomic E-state index is 0.209. The average molecular weight is 209 g/mol. The van der Waals surface area contributed by atoms with E-state index in [1.807, 2.05) is 11.8 Å². The predicted octanol–water partition coefficient (Wildman–Crippen LogP) is 2.13. The Bertz CT molecular complexity index is 313. The molecule has 2 nitrogen and oxygen atoms in total. The first-order valence-corrected chi connectivity index (χ1v) is 5.95. The zero-order chi connectivity index (χ0) is 9.97. The van der Waals surface area contributed by atoms with Gasteiger partial charge in [-0.3, -0.25) is 0 Å². The van der Waals surface area contributed by atoms with E-state index in [1.54, 1.807) is 0 Å². The summed E-state index contributed by atoms with van der Waals surface area (Å²) >= 11 is 1.83. The highest BCUT2D eigenvalue weighted by molar-refractivity contribution is 7.99. The van der Waals surface area contributed by atoms with Crippen molar-refractivity contribution in [2.45, 2.75) is 24.3 Å². The Morgan fingerprint density at radius 1 is 1.57 bits per heavy atom. The Morgan fingerprint density at radius 3 is 3.14 bits per heavy atom. The summed E-state index contributed by atoms with van der Waals surface area (Å²) in [6.07, 6.45) is 1.04. The third kappa shape index (κ3) is 1.74. The number of rotatable bonds is 2. The summed E-state index contributed by atoms with van der Waals surface area (Å²) in [7, 11) is 0. The Hall–Kier alpha value is -0.670. The van der Waals surface area contributed by atoms with Crippen LogP contribution in [0.5, 0.6) is 0 Å². The number of aliphatic hydroxyl groups is 1. The van der Waals surface area contributed by atoms with E-state index in [1.165, 1.54) is 16.1 Å². The van der Waals surface area contributed by atoms with Crippen molar-refractivity contribution in [1.82, 2.24) is 0 Å². The fourth-order valence-electron chi connectivity index (χ4n) is 1.69. The standard InChI is InChI=1S/C11H15NOS/c1-2-8-4-3-5-10-11(8)12-9(6-13)7-14-10/h3-5,9,12-13H,2,6-7H2,1H3. The van der Waals surface area contributed by atoms with Crippen molar-refractivity contribution in [3.63, 3.8) is 0 Å². The smallest absolute Gasteiger partial charge is 0.0641 e. The number of anilines is 1. The molecule has 14 heavy (non-hydrogen) atoms. The van der Waals surface area contributed by atoms with Crippen LogP contribution < -0.4 is 5.32 Å². The molecule has 0 aromatic heterocycles. The second kappa shape index (κ2) is 4.24. The van der Waals surface area contributed by atoms with E-state index in [9.17, 15) is 0 Å². The van der Waals surface area contributed by atoms with Gasteiger partial charge in [-0.1, -0.05) is 19.1 Å². The van der Waals surface area contributed by atoms with Crippen LogP contribution in [0.3, 0.4) is 0 Å². The first-order valence-electron chi connectivity index (χ1n) is 4.97. The molecule has 2 rings (SSSR count). The minimum Gasteiger partial charge on any atom is -0.394 e. The maximum Gasteiger partial charge on any atom is 0.0641 e. The molecule has 1 aliphatic rings. The van der Waals surface area contributed by atoms with Crippen molar-refractivity contribution in [2.75, 3.05) is 17.7 Å². The van der Waals surface area contributed by atoms with Gasteiger partial charge in [0.25, 0.3) is 0 Å². The van der Waals surface area contributed by atoms with Gasteiger partial charge in [0.2, 0.25) is 0 Å². The highest BCUT2D eigenvalue weighted by Gasteiger charge is 2.18. The largest absolute Gasteiger partial charge is 0.394 e. The van der Waals surface area contributed by atoms with Gasteiger partial charge in [-0.05, 0) is 18.1 Å². The molecule has 0 bridgehead atoms. The highest BCUT2D eigenvalue weighted by Crippen LogP contribution is 2.35. The highest BCUT2D eigenvalue weighted by atomic mass is 32.2. The molecule has 2 N–H and O–H groups in total. The van der Waals surface area contributed by atoms with Gasteiger partial charge in [-0.2, -0.15) is 0 Å². The second-order valence-corrected chi connectivity index (χ2v) is 4.54. The van der Waals surface area contributed by atoms with Crippen LogP contribution >= 0.6 is 11.8 Å². The van der Waals surface area contributed by atoms with E-state index in [-0.39, 0.29) is 12.6 Å². The van der Waals surface area contributed by atoms with E-state index >= 15 is 0 Å². The van der Waals surface area contributed by atoms with Crippen molar-refractivity contribution in [3.05, 3.63) is 23.8 Å². The molecule has 1 aliphatic heterocycles. The minimum atomic E-state index is 0.209. The van der Waals surface area contributed by atoms with Crippen molar-refractivity contribution in [3.8, 4) is 0 Å². The van der Waals surface area contributed by atoms with E-state index in [0.717, 1.165) is 12.2 Å². The molecule has 3 heteroatoms. The zero-order valence-electron chi connectivity index (χ0n) is 8.29. The van der Waals surface area contributed by atoms with E-state index in [2.05, 4.69) is 30.4 Å². The summed E-state index contributed by atoms with van der Waals surface area (Å²) in [4.78, 5) is 1.31. The van der Waals surface area contributed by atoms with Crippen molar-refractivity contribution < 1.29 is 5.11 Å². The monoisotopic (exact) mass is 209 g/mol. The summed E-state index contributed by atoms with van der Waals surface area (Å²) in [5.41, 5.74) is 2.57. The van der Waals surface area contributed by atoms with E-state index in [0.29, 0.717) is 0 Å². The summed E-state index contributed by atoms with van der Waals surface area (Å²) in [5.74, 6) is 0.955. The van der Waals surface area contributed by atoms with Crippen molar-refractivity contribution in [2.24, 2.45) is 0 Å². The van der Waals surface area contributed by atoms with Crippen LogP contribution in [0, 0.1) is 0 Å². The molecule has 0 amide bonds. The van der Waals surface area contributed by atoms with Gasteiger partial charge in [-0.15, -0.1) is 11.8 Å². The van der Waals surface area contributed by atoms with E-state index in [4.69, 9.17) is 5.11 Å². The molecule has 1 atom stereocenters. The maximum absolute atomic E-state index is 9.10. The number of fused-ring (bicyclic) bond motifs is 1. The quantitative estimate of drug-likeness (QED) is 0.782. The SMILES string of the molecule is CCc1cccc2c1NC(CO)CS2. The molecule has 1 aromatic rings. The molecule has 0 aliphatic carbocycles. The third-order valence-electron chi connectivity index (χ3n) is 2.50. The Kier molecular flexibility index (Phi) is 2.99. The van der Waals surface area contributed by atoms with Crippen LogP contribution in [0.25, 0.3) is 0 Å². The molecule has 1 heterocycles. The normalized spacial score (nSPS) is 20.0. The first kappa shape index (κ1) is 9.87. The Morgan fingerprint density at radius 2 is 2.43 bits per heavy atom. The van der Waals surface area contributed by atoms with Crippen LogP contribution in [0.15, 0.2) is 23.1 Å². The van der Waals surface area contributed by atoms with Gasteiger partial charge in [-0.25, -0.2) is 0 Å². The lowest BCUT2D eigenvalue weighted by atomic mass is 10.1. The van der Waals surface area contributed by atoms with Gasteiger partial charge in [0.15, 0.2) is 0 Å². The molecular formula is C11H15NOS. The van der Waals surface area contributed by atoms with Crippen LogP contribution in [-0.2, 0) is 6.42 Å². The number of aliphatic hydroxyl groups excluding tert-OH is 1. The van der Waals surface area contributed by atoms with Crippen LogP contribution in [0.2, 0.25) is 0 Å². The maximum atomic E-state index is 9.10. The molecule has 0 saturated carbocycles. The number of benzene rings is 1. The first-order chi connectivity index (χ1) is 6.85. The number of hydrogen-bond donors (Lipinski definition) is 2. The van der Waals surface area contributed by atoms with Crippen LogP contribution in [-0.4, -0.2) is 23.5 Å². The molecule has 1 unspecified atom stereocenters. The summed E-state index contributed by atoms with van der Waals surface area (Å²) in [6, 6.07) is 6.59. The number of para-hydroxylation sites is 1. The lowest BCUT2D eigenvalue weighted by Gasteiger charge is -2.26. The molecular weight excluding hydrogens is 194 g/mol. The predicted molar refractivity (Wildman–Crippen MR) is 61.0 cm³/mol. The second-order valence-electron chi connectivity index (χ2n) is 3.48. The number of nitrogens with one attached hydrogen (secondary N) is 1. The third-order valence-corrected chi connectivity index (χ3v) is 3.72. The molecule has 0 radical (unpaired) electrons. The number of thioether (sulfide) groups is 1. The topological polar surface area (TPSA) is 32.3 Å². The Labute approximate surface area is 88.7 Å². The fourth-order valence-corrected chi connectivity index (χ4v) is 2.77. The molecule has 1 aromatic carbocycles. The number of aryl methyl sites for hydroxylation is 1. The zero-order valence-corrected chi connectivity index (χ0v) is 9.10. The van der Waals surface area contributed by atoms with Crippen LogP contribution in [0.1, 0.15) is 12.5 Å². The molecule has 0 fully saturated rings. The van der Waals surface area contributed by atoms with Gasteiger partial charge in [0.05, 0.1) is 18.3 Å². The van der Waals surface area contributed by atoms with Crippen molar-refractivity contribution >= 4 is 17.4 Å². The lowest BCUT2D eigenvalue weighted by Crippen LogP contribution is -2.30. The van der Waals surface area contributed by atoms with Gasteiger partial charge in [0.1, 0.15) is 0 Å². The van der Waals surface area contributed by atoms with E-state index < -0.39 is 0 Å². The Balaban J connectivity index is 2.33. The van der Waals surface area contributed by atoms with Crippen LogP contribution in [0.4, 0.5) is 5.69 Å². The summed E-state index contributed by atoms with van der Waals surface area (Å²) in [5, 5.41) is 12.5. The van der Waals surface area contributed by atoms with Gasteiger partial charge in [0, 0.05) is 10.6 Å². The number of hydrogen-bond acceptors (Lipinski definition) is 3. The van der Waals surface area contributed by atoms with Crippen molar-refractivity contribution in [1.29, 1.82) is 0 Å². The lowest BCUT2D eigenvalue weighted by molar-refractivity contribution is 0.282. The van der Waals surface area contributed by atoms with Gasteiger partial charge < -0.3 is 10.4 Å². The summed E-state index contributed by atoms with van der Waals surface area (Å²) < 4.78 is 0. The molecule has 76 valence electrons. The average Bonchev–Trinajstić information content (AvgIpc) is 2.27. The summed E-state index contributed by atoms with van der Waals surface area (Å²) in [6.45, 7) is 2.37. The molecule has 0 saturated heterocycles. The fraction of sp³-hybridized carbons (Fsp3) is 0.455.